The van der Waals surface area contributed by atoms with Crippen molar-refractivity contribution >= 4 is 96.0 Å². The van der Waals surface area contributed by atoms with Gasteiger partial charge in [-0.25, -0.2) is 4.79 Å². The molecule has 0 saturated carbocycles. The number of amides is 1. The number of Topliss-reactive ketones (excluding diaryl/α,β-unsaturated/α-hetero) is 2. The highest BCUT2D eigenvalue weighted by Crippen LogP contribution is 2.43. The SMILES string of the molecule is C.C.C.CC(=O)C1=Cc2cc(Br)cnc2C(N2CCN(C(=O)OC(C)(C)C)CC2)c2ccc(Cl)cc21.CC(=O)C1=Cc2cc(Br)cnc2C(N2CCNCC2)c2ccc(Cl)cc21. The first-order valence-electron chi connectivity index (χ1n) is 19.6. The monoisotopic (exact) mass is 1010 g/mol. The Balaban J connectivity index is 0.000000266. The Morgan fingerprint density at radius 3 is 1.50 bits per heavy atom. The van der Waals surface area contributed by atoms with Crippen LogP contribution in [-0.4, -0.2) is 100 Å². The fraction of sp³-hybridized carbons (Fsp3) is 0.396. The summed E-state index contributed by atoms with van der Waals surface area (Å²) in [5, 5.41) is 4.62. The number of pyridine rings is 2. The number of aromatic nitrogens is 2. The first-order chi connectivity index (χ1) is 28.1. The van der Waals surface area contributed by atoms with Gasteiger partial charge in [0.2, 0.25) is 0 Å². The summed E-state index contributed by atoms with van der Waals surface area (Å²) in [4.78, 5) is 53.6. The maximum absolute atomic E-state index is 12.6. The summed E-state index contributed by atoms with van der Waals surface area (Å²) in [7, 11) is 0. The Hall–Kier alpha value is -3.75. The zero-order valence-corrected chi connectivity index (χ0v) is 38.3. The molecule has 0 spiro atoms. The van der Waals surface area contributed by atoms with Gasteiger partial charge in [-0.15, -0.1) is 0 Å². The summed E-state index contributed by atoms with van der Waals surface area (Å²) in [6.45, 7) is 14.9. The molecule has 1 amide bonds. The van der Waals surface area contributed by atoms with Crippen LogP contribution in [0, 0.1) is 0 Å². The fourth-order valence-corrected chi connectivity index (χ4v) is 9.17. The Labute approximate surface area is 394 Å². The van der Waals surface area contributed by atoms with Gasteiger partial charge in [-0.1, -0.05) is 57.6 Å². The van der Waals surface area contributed by atoms with Gasteiger partial charge in [-0.05, 0) is 148 Å². The van der Waals surface area contributed by atoms with Gasteiger partial charge in [-0.2, -0.15) is 0 Å². The minimum atomic E-state index is -0.529. The van der Waals surface area contributed by atoms with Gasteiger partial charge in [0.1, 0.15) is 5.60 Å². The normalized spacial score (nSPS) is 18.3. The number of fused-ring (bicyclic) bond motifs is 4. The van der Waals surface area contributed by atoms with Crippen LogP contribution in [0.3, 0.4) is 0 Å². The molecule has 62 heavy (non-hydrogen) atoms. The Kier molecular flexibility index (Phi) is 17.5. The third kappa shape index (κ3) is 11.3. The van der Waals surface area contributed by atoms with Crippen LogP contribution in [0.1, 0.15) is 114 Å². The maximum atomic E-state index is 12.6. The third-order valence-electron chi connectivity index (χ3n) is 10.8. The lowest BCUT2D eigenvalue weighted by atomic mass is 9.92. The quantitative estimate of drug-likeness (QED) is 0.214. The highest BCUT2D eigenvalue weighted by molar-refractivity contribution is 9.10. The number of allylic oxidation sites excluding steroid dienone is 2. The van der Waals surface area contributed by atoms with Crippen LogP contribution < -0.4 is 5.32 Å². The zero-order chi connectivity index (χ0) is 42.2. The molecule has 4 aliphatic rings. The molecule has 2 fully saturated rings. The van der Waals surface area contributed by atoms with Crippen molar-refractivity contribution in [3.8, 4) is 0 Å². The number of ether oxygens (including phenoxy) is 1. The van der Waals surface area contributed by atoms with Crippen molar-refractivity contribution in [2.45, 2.75) is 74.6 Å². The topological polar surface area (TPSA) is 108 Å². The summed E-state index contributed by atoms with van der Waals surface area (Å²) >= 11 is 19.7. The minimum absolute atomic E-state index is 0. The van der Waals surface area contributed by atoms with E-state index in [2.05, 4.69) is 47.0 Å². The summed E-state index contributed by atoms with van der Waals surface area (Å²) in [6, 6.07) is 15.4. The van der Waals surface area contributed by atoms with Crippen LogP contribution in [-0.2, 0) is 14.3 Å². The van der Waals surface area contributed by atoms with Crippen molar-refractivity contribution in [3.05, 3.63) is 125 Å². The second-order valence-corrected chi connectivity index (χ2v) is 18.7. The van der Waals surface area contributed by atoms with Crippen LogP contribution in [0.4, 0.5) is 4.79 Å². The van der Waals surface area contributed by atoms with Crippen molar-refractivity contribution in [1.29, 1.82) is 0 Å². The predicted molar refractivity (Wildman–Crippen MR) is 262 cm³/mol. The van der Waals surface area contributed by atoms with E-state index in [0.29, 0.717) is 47.4 Å². The molecule has 0 bridgehead atoms. The van der Waals surface area contributed by atoms with Crippen LogP contribution >= 0.6 is 55.1 Å². The number of piperazine rings is 2. The molecule has 2 aromatic carbocycles. The van der Waals surface area contributed by atoms with Gasteiger partial charge in [0.05, 0.1) is 23.5 Å². The number of rotatable bonds is 4. The number of nitrogens with one attached hydrogen (secondary N) is 1. The van der Waals surface area contributed by atoms with Crippen molar-refractivity contribution < 1.29 is 19.1 Å². The number of ketones is 2. The van der Waals surface area contributed by atoms with E-state index in [9.17, 15) is 14.4 Å². The number of halogens is 4. The molecule has 10 nitrogen and oxygen atoms in total. The van der Waals surface area contributed by atoms with Gasteiger partial charge in [-0.3, -0.25) is 29.4 Å². The van der Waals surface area contributed by atoms with Gasteiger partial charge >= 0.3 is 6.09 Å². The molecule has 0 radical (unpaired) electrons. The van der Waals surface area contributed by atoms with E-state index in [1.807, 2.05) is 87.7 Å². The first-order valence-corrected chi connectivity index (χ1v) is 21.9. The van der Waals surface area contributed by atoms with E-state index in [1.165, 1.54) is 0 Å². The molecule has 14 heteroatoms. The van der Waals surface area contributed by atoms with Gasteiger partial charge in [0.15, 0.2) is 11.6 Å². The van der Waals surface area contributed by atoms with E-state index in [4.69, 9.17) is 37.9 Å². The van der Waals surface area contributed by atoms with Gasteiger partial charge in [0.25, 0.3) is 0 Å². The lowest BCUT2D eigenvalue weighted by Crippen LogP contribution is -2.51. The molecule has 2 unspecified atom stereocenters. The molecule has 2 saturated heterocycles. The van der Waals surface area contributed by atoms with Crippen molar-refractivity contribution in [1.82, 2.24) is 30.0 Å². The summed E-state index contributed by atoms with van der Waals surface area (Å²) < 4.78 is 7.29. The Morgan fingerprint density at radius 2 is 1.10 bits per heavy atom. The van der Waals surface area contributed by atoms with Crippen LogP contribution in [0.5, 0.6) is 0 Å². The Morgan fingerprint density at radius 1 is 0.677 bits per heavy atom. The second kappa shape index (κ2) is 21.3. The predicted octanol–water partition coefficient (Wildman–Crippen LogP) is 11.4. The highest BCUT2D eigenvalue weighted by atomic mass is 79.9. The van der Waals surface area contributed by atoms with Gasteiger partial charge < -0.3 is 15.0 Å². The fourth-order valence-electron chi connectivity index (χ4n) is 8.13. The van der Waals surface area contributed by atoms with E-state index in [0.717, 1.165) is 79.9 Å². The number of hydrogen-bond acceptors (Lipinski definition) is 9. The lowest BCUT2D eigenvalue weighted by Gasteiger charge is -2.40. The number of hydrogen-bond donors (Lipinski definition) is 1. The van der Waals surface area contributed by atoms with Gasteiger partial charge in [0, 0.05) is 94.9 Å². The molecule has 4 aromatic rings. The van der Waals surface area contributed by atoms with E-state index < -0.39 is 5.60 Å². The molecule has 332 valence electrons. The maximum Gasteiger partial charge on any atom is 0.410 e. The lowest BCUT2D eigenvalue weighted by molar-refractivity contribution is -0.112. The standard InChI is InChI=1S/C25H27BrClN3O3.C20H19BrClN3O.3CH4/c1-15(31)20-12-16-11-17(26)14-28-22(16)23(19-6-5-18(27)13-21(19)20)29-7-9-30(10-8-29)24(32)33-25(2,3)4;1-12(26)17-9-13-8-14(21)11-24-19(13)20(25-6-4-23-5-7-25)16-3-2-15(22)10-18(16)17;;;/h5-6,11-14,23H,7-10H2,1-4H3;2-3,8-11,20,23H,4-7H2,1H3;3*1H4. The number of benzene rings is 2. The number of carbonyl (C=O) groups excluding carboxylic acids is 3. The van der Waals surface area contributed by atoms with E-state index in [1.54, 1.807) is 24.9 Å². The molecule has 2 aliphatic heterocycles. The average molecular weight is 1010 g/mol. The molecule has 2 atom stereocenters. The highest BCUT2D eigenvalue weighted by Gasteiger charge is 2.36. The largest absolute Gasteiger partial charge is 0.444 e. The molecular weight excluding hydrogens is 955 g/mol. The second-order valence-electron chi connectivity index (χ2n) is 16.0. The van der Waals surface area contributed by atoms with Crippen LogP contribution in [0.15, 0.2) is 69.9 Å². The van der Waals surface area contributed by atoms with Crippen LogP contribution in [0.25, 0.3) is 23.3 Å². The zero-order valence-electron chi connectivity index (χ0n) is 33.6. The van der Waals surface area contributed by atoms with E-state index >= 15 is 0 Å². The third-order valence-corrected chi connectivity index (χ3v) is 12.1. The molecule has 2 aliphatic carbocycles. The molecule has 4 heterocycles. The summed E-state index contributed by atoms with van der Waals surface area (Å²) in [5.74, 6) is 0.000222. The van der Waals surface area contributed by atoms with Crippen molar-refractivity contribution in [2.75, 3.05) is 52.4 Å². The Bertz CT molecular complexity index is 2370. The molecule has 1 N–H and O–H groups in total. The first kappa shape index (κ1) is 50.9. The summed E-state index contributed by atoms with van der Waals surface area (Å²) in [5.41, 5.74) is 8.29. The molecular formula is C48H58Br2Cl2N6O4. The van der Waals surface area contributed by atoms with Crippen LogP contribution in [0.2, 0.25) is 10.0 Å². The number of nitrogens with zero attached hydrogens (tertiary/aromatic N) is 5. The average Bonchev–Trinajstić information content (AvgIpc) is 3.41. The smallest absolute Gasteiger partial charge is 0.410 e. The minimum Gasteiger partial charge on any atom is -0.444 e. The van der Waals surface area contributed by atoms with E-state index in [-0.39, 0.29) is 52.0 Å². The summed E-state index contributed by atoms with van der Waals surface area (Å²) in [6.07, 6.45) is 7.17. The van der Waals surface area contributed by atoms with Crippen molar-refractivity contribution in [3.63, 3.8) is 0 Å². The number of carbonyl (C=O) groups is 3. The molecule has 2 aromatic heterocycles. The van der Waals surface area contributed by atoms with Crippen molar-refractivity contribution in [2.24, 2.45) is 0 Å². The molecule has 8 rings (SSSR count).